The van der Waals surface area contributed by atoms with Gasteiger partial charge in [-0.1, -0.05) is 0 Å². The molecule has 0 aliphatic heterocycles. The monoisotopic (exact) mass is 342 g/mol. The van der Waals surface area contributed by atoms with Gasteiger partial charge in [0.05, 0.1) is 29.0 Å². The number of H-pyrrole nitrogens is 1. The molecule has 0 aliphatic carbocycles. The summed E-state index contributed by atoms with van der Waals surface area (Å²) in [6.07, 6.45) is 6.87. The first-order chi connectivity index (χ1) is 12.8. The Balaban J connectivity index is 1.74. The first-order valence-electron chi connectivity index (χ1n) is 7.56. The number of nitrogens with one attached hydrogen (secondary N) is 1. The molecule has 0 radical (unpaired) electrons. The van der Waals surface area contributed by atoms with Crippen molar-refractivity contribution >= 4 is 17.3 Å². The van der Waals surface area contributed by atoms with Gasteiger partial charge >= 0.3 is 0 Å². The molecule has 0 fully saturated rings. The van der Waals surface area contributed by atoms with Crippen LogP contribution < -0.4 is 4.74 Å². The lowest BCUT2D eigenvalue weighted by molar-refractivity contribution is 0.112. The SMILES string of the molecule is N#Cc1ccc(Oc2cc3nc(-c4cnccn4)[nH]c3cc2C=O)cn1. The summed E-state index contributed by atoms with van der Waals surface area (Å²) in [5.41, 5.74) is 2.53. The second-order valence-electron chi connectivity index (χ2n) is 5.29. The average Bonchev–Trinajstić information content (AvgIpc) is 3.11. The Bertz CT molecular complexity index is 1130. The van der Waals surface area contributed by atoms with Crippen LogP contribution in [0, 0.1) is 11.3 Å². The van der Waals surface area contributed by atoms with E-state index < -0.39 is 0 Å². The number of pyridine rings is 1. The van der Waals surface area contributed by atoms with E-state index in [0.29, 0.717) is 45.9 Å². The first-order valence-corrected chi connectivity index (χ1v) is 7.56. The topological polar surface area (TPSA) is 117 Å². The van der Waals surface area contributed by atoms with E-state index in [4.69, 9.17) is 10.00 Å². The van der Waals surface area contributed by atoms with Gasteiger partial charge in [0.15, 0.2) is 12.1 Å². The molecule has 3 heterocycles. The third-order valence-electron chi connectivity index (χ3n) is 3.62. The fraction of sp³-hybridized carbons (Fsp3) is 0. The summed E-state index contributed by atoms with van der Waals surface area (Å²) in [4.78, 5) is 31.2. The molecule has 0 saturated carbocycles. The molecule has 0 bridgehead atoms. The minimum atomic E-state index is 0.282. The summed E-state index contributed by atoms with van der Waals surface area (Å²) in [6.45, 7) is 0. The number of benzene rings is 1. The molecule has 1 N–H and O–H groups in total. The number of nitrogens with zero attached hydrogens (tertiary/aromatic N) is 5. The molecule has 26 heavy (non-hydrogen) atoms. The quantitative estimate of drug-likeness (QED) is 0.566. The van der Waals surface area contributed by atoms with Crippen molar-refractivity contribution in [2.24, 2.45) is 0 Å². The minimum Gasteiger partial charge on any atom is -0.455 e. The van der Waals surface area contributed by atoms with Crippen molar-refractivity contribution in [1.82, 2.24) is 24.9 Å². The largest absolute Gasteiger partial charge is 0.455 e. The van der Waals surface area contributed by atoms with Gasteiger partial charge < -0.3 is 9.72 Å². The average molecular weight is 342 g/mol. The summed E-state index contributed by atoms with van der Waals surface area (Å²) in [6, 6.07) is 8.40. The minimum absolute atomic E-state index is 0.282. The van der Waals surface area contributed by atoms with E-state index in [1.54, 1.807) is 36.8 Å². The van der Waals surface area contributed by atoms with Crippen molar-refractivity contribution in [2.75, 3.05) is 0 Å². The van der Waals surface area contributed by atoms with Crippen LogP contribution in [-0.4, -0.2) is 31.2 Å². The highest BCUT2D eigenvalue weighted by Gasteiger charge is 2.12. The standard InChI is InChI=1S/C18H10N6O2/c19-7-12-1-2-13(8-22-12)26-17-6-15-14(5-11(17)10-25)23-18(24-15)16-9-20-3-4-21-16/h1-6,8-10H,(H,23,24). The summed E-state index contributed by atoms with van der Waals surface area (Å²) in [5, 5.41) is 8.79. The Morgan fingerprint density at radius 1 is 1.15 bits per heavy atom. The lowest BCUT2D eigenvalue weighted by Gasteiger charge is -2.07. The molecular formula is C18H10N6O2. The van der Waals surface area contributed by atoms with Crippen LogP contribution in [0.3, 0.4) is 0 Å². The maximum atomic E-state index is 11.4. The van der Waals surface area contributed by atoms with E-state index in [1.807, 2.05) is 6.07 Å². The zero-order valence-electron chi connectivity index (χ0n) is 13.2. The molecule has 0 atom stereocenters. The third-order valence-corrected chi connectivity index (χ3v) is 3.62. The number of hydrogen-bond donors (Lipinski definition) is 1. The van der Waals surface area contributed by atoms with Gasteiger partial charge in [0, 0.05) is 18.5 Å². The second kappa shape index (κ2) is 6.41. The smallest absolute Gasteiger partial charge is 0.158 e. The highest BCUT2D eigenvalue weighted by Crippen LogP contribution is 2.29. The predicted octanol–water partition coefficient (Wildman–Crippen LogP) is 2.89. The van der Waals surface area contributed by atoms with Crippen molar-refractivity contribution in [3.05, 3.63) is 60.3 Å². The van der Waals surface area contributed by atoms with Crippen LogP contribution in [0.4, 0.5) is 0 Å². The van der Waals surface area contributed by atoms with Gasteiger partial charge in [0.2, 0.25) is 0 Å². The van der Waals surface area contributed by atoms with Gasteiger partial charge in [-0.3, -0.25) is 9.78 Å². The second-order valence-corrected chi connectivity index (χ2v) is 5.29. The fourth-order valence-corrected chi connectivity index (χ4v) is 2.41. The van der Waals surface area contributed by atoms with E-state index in [1.165, 1.54) is 12.3 Å². The predicted molar refractivity (Wildman–Crippen MR) is 91.5 cm³/mol. The summed E-state index contributed by atoms with van der Waals surface area (Å²) < 4.78 is 5.74. The number of imidazole rings is 1. The summed E-state index contributed by atoms with van der Waals surface area (Å²) in [7, 11) is 0. The molecule has 0 unspecified atom stereocenters. The van der Waals surface area contributed by atoms with Crippen LogP contribution in [-0.2, 0) is 0 Å². The Labute approximate surface area is 147 Å². The number of aldehydes is 1. The molecule has 8 heteroatoms. The number of aromatic nitrogens is 5. The van der Waals surface area contributed by atoms with Gasteiger partial charge in [-0.2, -0.15) is 5.26 Å². The number of carbonyl (C=O) groups is 1. The molecule has 3 aromatic heterocycles. The van der Waals surface area contributed by atoms with Gasteiger partial charge in [0.25, 0.3) is 0 Å². The number of ether oxygens (including phenoxy) is 1. The number of fused-ring (bicyclic) bond motifs is 1. The Kier molecular flexibility index (Phi) is 3.80. The van der Waals surface area contributed by atoms with E-state index in [2.05, 4.69) is 24.9 Å². The van der Waals surface area contributed by atoms with Crippen molar-refractivity contribution in [1.29, 1.82) is 5.26 Å². The Morgan fingerprint density at radius 3 is 2.77 bits per heavy atom. The number of rotatable bonds is 4. The van der Waals surface area contributed by atoms with E-state index >= 15 is 0 Å². The van der Waals surface area contributed by atoms with Gasteiger partial charge in [0.1, 0.15) is 29.0 Å². The number of hydrogen-bond acceptors (Lipinski definition) is 7. The third kappa shape index (κ3) is 2.85. The molecule has 8 nitrogen and oxygen atoms in total. The van der Waals surface area contributed by atoms with Crippen LogP contribution >= 0.6 is 0 Å². The van der Waals surface area contributed by atoms with Crippen molar-refractivity contribution in [2.45, 2.75) is 0 Å². The van der Waals surface area contributed by atoms with Crippen LogP contribution in [0.15, 0.2) is 49.1 Å². The number of nitriles is 1. The molecule has 1 aromatic carbocycles. The summed E-state index contributed by atoms with van der Waals surface area (Å²) >= 11 is 0. The molecule has 0 spiro atoms. The van der Waals surface area contributed by atoms with Crippen molar-refractivity contribution < 1.29 is 9.53 Å². The lowest BCUT2D eigenvalue weighted by atomic mass is 10.2. The first kappa shape index (κ1) is 15.4. The molecule has 0 saturated heterocycles. The number of carbonyl (C=O) groups excluding carboxylic acids is 1. The maximum Gasteiger partial charge on any atom is 0.158 e. The maximum absolute atomic E-state index is 11.4. The van der Waals surface area contributed by atoms with Crippen molar-refractivity contribution in [3.63, 3.8) is 0 Å². The van der Waals surface area contributed by atoms with Crippen LogP contribution in [0.5, 0.6) is 11.5 Å². The van der Waals surface area contributed by atoms with Gasteiger partial charge in [-0.15, -0.1) is 0 Å². The molecule has 0 aliphatic rings. The molecular weight excluding hydrogens is 332 g/mol. The van der Waals surface area contributed by atoms with Gasteiger partial charge in [-0.25, -0.2) is 15.0 Å². The molecule has 4 aromatic rings. The number of aromatic amines is 1. The zero-order valence-corrected chi connectivity index (χ0v) is 13.2. The van der Waals surface area contributed by atoms with E-state index in [0.717, 1.165) is 0 Å². The van der Waals surface area contributed by atoms with Crippen molar-refractivity contribution in [3.8, 4) is 29.1 Å². The highest BCUT2D eigenvalue weighted by atomic mass is 16.5. The highest BCUT2D eigenvalue weighted by molar-refractivity contribution is 5.90. The Morgan fingerprint density at radius 2 is 2.08 bits per heavy atom. The van der Waals surface area contributed by atoms with E-state index in [9.17, 15) is 4.79 Å². The zero-order chi connectivity index (χ0) is 17.9. The fourth-order valence-electron chi connectivity index (χ4n) is 2.41. The lowest BCUT2D eigenvalue weighted by Crippen LogP contribution is -1.92. The van der Waals surface area contributed by atoms with Gasteiger partial charge in [-0.05, 0) is 18.2 Å². The molecule has 4 rings (SSSR count). The van der Waals surface area contributed by atoms with E-state index in [-0.39, 0.29) is 5.69 Å². The molecule has 0 amide bonds. The normalized spacial score (nSPS) is 10.4. The Hall–Kier alpha value is -4.12. The van der Waals surface area contributed by atoms with Crippen LogP contribution in [0.1, 0.15) is 16.1 Å². The van der Waals surface area contributed by atoms with Crippen LogP contribution in [0.2, 0.25) is 0 Å². The van der Waals surface area contributed by atoms with Crippen LogP contribution in [0.25, 0.3) is 22.6 Å². The molecule has 124 valence electrons. The summed E-state index contributed by atoms with van der Waals surface area (Å²) in [5.74, 6) is 1.30.